The number of rotatable bonds is 5. The number of amides is 1. The highest BCUT2D eigenvalue weighted by Gasteiger charge is 2.33. The number of nitrogens with zero attached hydrogens (tertiary/aromatic N) is 1. The number of ether oxygens (including phenoxy) is 3. The van der Waals surface area contributed by atoms with E-state index >= 15 is 0 Å². The molecule has 1 aliphatic heterocycles. The molecular weight excluding hydrogens is 398 g/mol. The molecular formula is C20H17NO5S2. The summed E-state index contributed by atoms with van der Waals surface area (Å²) in [5.41, 5.74) is 1.37. The number of thiocarbonyl (C=S) groups is 1. The zero-order valence-electron chi connectivity index (χ0n) is 15.4. The van der Waals surface area contributed by atoms with E-state index in [1.54, 1.807) is 18.2 Å². The maximum atomic E-state index is 12.9. The van der Waals surface area contributed by atoms with Gasteiger partial charge in [0.1, 0.15) is 0 Å². The third-order valence-electron chi connectivity index (χ3n) is 3.83. The fourth-order valence-electron chi connectivity index (χ4n) is 2.65. The average molecular weight is 415 g/mol. The van der Waals surface area contributed by atoms with Crippen molar-refractivity contribution < 1.29 is 23.8 Å². The molecule has 2 aromatic rings. The molecule has 2 aromatic carbocycles. The van der Waals surface area contributed by atoms with E-state index in [-0.39, 0.29) is 11.7 Å². The summed E-state index contributed by atoms with van der Waals surface area (Å²) in [7, 11) is 2.92. The summed E-state index contributed by atoms with van der Waals surface area (Å²) in [6.45, 7) is 1.29. The number of methoxy groups -OCH3 is 2. The van der Waals surface area contributed by atoms with Crippen molar-refractivity contribution in [2.24, 2.45) is 0 Å². The smallest absolute Gasteiger partial charge is 0.308 e. The summed E-state index contributed by atoms with van der Waals surface area (Å²) in [4.78, 5) is 26.2. The quantitative estimate of drug-likeness (QED) is 0.316. The third-order valence-corrected chi connectivity index (χ3v) is 5.14. The Kier molecular flexibility index (Phi) is 6.01. The van der Waals surface area contributed by atoms with Crippen LogP contribution in [0.3, 0.4) is 0 Å². The van der Waals surface area contributed by atoms with E-state index in [9.17, 15) is 9.59 Å². The second-order valence-corrected chi connectivity index (χ2v) is 7.38. The summed E-state index contributed by atoms with van der Waals surface area (Å²) in [5, 5.41) is 0. The number of carbonyl (C=O) groups excluding carboxylic acids is 2. The van der Waals surface area contributed by atoms with Crippen LogP contribution in [0.25, 0.3) is 6.08 Å². The third kappa shape index (κ3) is 4.02. The summed E-state index contributed by atoms with van der Waals surface area (Å²) in [6, 6.07) is 12.6. The van der Waals surface area contributed by atoms with Crippen molar-refractivity contribution in [1.82, 2.24) is 0 Å². The normalized spacial score (nSPS) is 15.1. The Morgan fingerprint density at radius 2 is 1.71 bits per heavy atom. The second-order valence-electron chi connectivity index (χ2n) is 5.70. The summed E-state index contributed by atoms with van der Waals surface area (Å²) < 4.78 is 16.3. The van der Waals surface area contributed by atoms with Crippen LogP contribution in [0.2, 0.25) is 0 Å². The van der Waals surface area contributed by atoms with Gasteiger partial charge in [-0.15, -0.1) is 0 Å². The molecule has 0 radical (unpaired) electrons. The van der Waals surface area contributed by atoms with Crippen molar-refractivity contribution in [3.8, 4) is 17.2 Å². The topological polar surface area (TPSA) is 65.1 Å². The highest BCUT2D eigenvalue weighted by atomic mass is 32.2. The molecule has 0 saturated carbocycles. The molecule has 3 rings (SSSR count). The van der Waals surface area contributed by atoms with Crippen molar-refractivity contribution in [3.05, 3.63) is 52.9 Å². The van der Waals surface area contributed by atoms with Gasteiger partial charge < -0.3 is 14.2 Å². The minimum atomic E-state index is -0.493. The van der Waals surface area contributed by atoms with Crippen LogP contribution in [-0.4, -0.2) is 30.4 Å². The van der Waals surface area contributed by atoms with Crippen LogP contribution < -0.4 is 19.1 Å². The van der Waals surface area contributed by atoms with Crippen LogP contribution in [0.1, 0.15) is 12.5 Å². The molecule has 8 heteroatoms. The van der Waals surface area contributed by atoms with Gasteiger partial charge in [0.25, 0.3) is 5.91 Å². The summed E-state index contributed by atoms with van der Waals surface area (Å²) in [6.07, 6.45) is 1.70. The first kappa shape index (κ1) is 19.9. The maximum absolute atomic E-state index is 12.9. The molecule has 1 amide bonds. The van der Waals surface area contributed by atoms with E-state index in [1.807, 2.05) is 30.3 Å². The van der Waals surface area contributed by atoms with E-state index in [1.165, 1.54) is 37.8 Å². The monoisotopic (exact) mass is 415 g/mol. The number of hydrogen-bond acceptors (Lipinski definition) is 7. The highest BCUT2D eigenvalue weighted by Crippen LogP contribution is 2.41. The number of esters is 1. The molecule has 1 fully saturated rings. The number of anilines is 1. The lowest BCUT2D eigenvalue weighted by Crippen LogP contribution is -2.27. The van der Waals surface area contributed by atoms with E-state index in [0.717, 1.165) is 0 Å². The fourth-order valence-corrected chi connectivity index (χ4v) is 3.95. The molecule has 0 unspecified atom stereocenters. The predicted molar refractivity (Wildman–Crippen MR) is 113 cm³/mol. The first-order valence-corrected chi connectivity index (χ1v) is 9.44. The number of thioether (sulfide) groups is 1. The van der Waals surface area contributed by atoms with Gasteiger partial charge in [0.15, 0.2) is 15.8 Å². The van der Waals surface area contributed by atoms with E-state index in [0.29, 0.717) is 32.0 Å². The number of carbonyl (C=O) groups is 2. The van der Waals surface area contributed by atoms with E-state index < -0.39 is 5.97 Å². The van der Waals surface area contributed by atoms with Crippen LogP contribution >= 0.6 is 24.0 Å². The molecule has 1 saturated heterocycles. The van der Waals surface area contributed by atoms with Gasteiger partial charge in [-0.05, 0) is 35.9 Å². The van der Waals surface area contributed by atoms with Crippen LogP contribution in [0.5, 0.6) is 17.2 Å². The van der Waals surface area contributed by atoms with Crippen molar-refractivity contribution in [2.75, 3.05) is 19.1 Å². The summed E-state index contributed by atoms with van der Waals surface area (Å²) in [5.74, 6) is 0.126. The average Bonchev–Trinajstić information content (AvgIpc) is 2.96. The maximum Gasteiger partial charge on any atom is 0.308 e. The van der Waals surface area contributed by atoms with Gasteiger partial charge in [0.2, 0.25) is 5.75 Å². The molecule has 0 aromatic heterocycles. The minimum Gasteiger partial charge on any atom is -0.493 e. The van der Waals surface area contributed by atoms with Crippen LogP contribution in [0.15, 0.2) is 47.4 Å². The van der Waals surface area contributed by atoms with Crippen molar-refractivity contribution in [1.29, 1.82) is 0 Å². The van der Waals surface area contributed by atoms with E-state index in [4.69, 9.17) is 26.4 Å². The fraction of sp³-hybridized carbons (Fsp3) is 0.150. The van der Waals surface area contributed by atoms with Gasteiger partial charge in [-0.1, -0.05) is 42.2 Å². The van der Waals surface area contributed by atoms with E-state index in [2.05, 4.69) is 0 Å². The molecule has 0 atom stereocenters. The molecule has 1 aliphatic rings. The largest absolute Gasteiger partial charge is 0.493 e. The van der Waals surface area contributed by atoms with Gasteiger partial charge in [0.05, 0.1) is 24.8 Å². The lowest BCUT2D eigenvalue weighted by atomic mass is 10.1. The lowest BCUT2D eigenvalue weighted by molar-refractivity contribution is -0.132. The SMILES string of the molecule is COc1cc(/C=C2\SC(=S)N(c3ccccc3)C2=O)cc(OC)c1OC(C)=O. The van der Waals surface area contributed by atoms with Gasteiger partial charge in [-0.25, -0.2) is 0 Å². The van der Waals surface area contributed by atoms with Gasteiger partial charge in [-0.3, -0.25) is 14.5 Å². The standard InChI is InChI=1S/C20H17NO5S2/c1-12(22)26-18-15(24-2)9-13(10-16(18)25-3)11-17-19(23)21(20(27)28-17)14-7-5-4-6-8-14/h4-11H,1-3H3/b17-11-. The molecule has 144 valence electrons. The molecule has 28 heavy (non-hydrogen) atoms. The second kappa shape index (κ2) is 8.45. The Bertz CT molecular complexity index is 947. The first-order chi connectivity index (χ1) is 13.4. The predicted octanol–water partition coefficient (Wildman–Crippen LogP) is 4.03. The van der Waals surface area contributed by atoms with Gasteiger partial charge >= 0.3 is 5.97 Å². The van der Waals surface area contributed by atoms with Crippen molar-refractivity contribution in [2.45, 2.75) is 6.92 Å². The van der Waals surface area contributed by atoms with Crippen LogP contribution in [0, 0.1) is 0 Å². The minimum absolute atomic E-state index is 0.187. The van der Waals surface area contributed by atoms with Crippen molar-refractivity contribution in [3.63, 3.8) is 0 Å². The Morgan fingerprint density at radius 3 is 2.25 bits per heavy atom. The molecule has 0 spiro atoms. The highest BCUT2D eigenvalue weighted by molar-refractivity contribution is 8.27. The molecule has 0 N–H and O–H groups in total. The molecule has 0 bridgehead atoms. The Balaban J connectivity index is 1.98. The molecule has 6 nitrogen and oxygen atoms in total. The zero-order chi connectivity index (χ0) is 20.3. The van der Waals surface area contributed by atoms with Crippen LogP contribution in [-0.2, 0) is 9.59 Å². The number of para-hydroxylation sites is 1. The Hall–Kier alpha value is -2.84. The van der Waals surface area contributed by atoms with Crippen LogP contribution in [0.4, 0.5) is 5.69 Å². The Labute approximate surface area is 172 Å². The molecule has 1 heterocycles. The van der Waals surface area contributed by atoms with Gasteiger partial charge in [-0.2, -0.15) is 0 Å². The molecule has 0 aliphatic carbocycles. The number of benzene rings is 2. The lowest BCUT2D eigenvalue weighted by Gasteiger charge is -2.14. The number of hydrogen-bond donors (Lipinski definition) is 0. The summed E-state index contributed by atoms with van der Waals surface area (Å²) >= 11 is 6.59. The first-order valence-electron chi connectivity index (χ1n) is 8.22. The van der Waals surface area contributed by atoms with Gasteiger partial charge in [0, 0.05) is 6.92 Å². The zero-order valence-corrected chi connectivity index (χ0v) is 17.1. The van der Waals surface area contributed by atoms with Crippen molar-refractivity contribution >= 4 is 51.9 Å². The Morgan fingerprint density at radius 1 is 1.11 bits per heavy atom.